The van der Waals surface area contributed by atoms with Crippen molar-refractivity contribution in [3.63, 3.8) is 0 Å². The van der Waals surface area contributed by atoms with Crippen LogP contribution in [-0.4, -0.2) is 74.5 Å². The molecular formula is C14H26O12. The van der Waals surface area contributed by atoms with E-state index in [1.165, 1.54) is 14.2 Å². The van der Waals surface area contributed by atoms with Gasteiger partial charge in [-0.2, -0.15) is 0 Å². The Balaban J connectivity index is -0.000000316. The Morgan fingerprint density at radius 2 is 1.00 bits per heavy atom. The molecule has 0 rings (SSSR count). The molecule has 0 aliphatic heterocycles. The molecule has 0 fully saturated rings. The first-order valence-corrected chi connectivity index (χ1v) is 7.16. The molecule has 12 heteroatoms. The van der Waals surface area contributed by atoms with Crippen molar-refractivity contribution in [2.24, 2.45) is 0 Å². The van der Waals surface area contributed by atoms with Gasteiger partial charge in [0.15, 0.2) is 0 Å². The van der Waals surface area contributed by atoms with Gasteiger partial charge in [0.1, 0.15) is 13.2 Å². The second-order valence-corrected chi connectivity index (χ2v) is 4.47. The van der Waals surface area contributed by atoms with Crippen LogP contribution < -0.4 is 0 Å². The Morgan fingerprint density at radius 3 is 1.15 bits per heavy atom. The van der Waals surface area contributed by atoms with Gasteiger partial charge in [-0.15, -0.1) is 0 Å². The normalized spacial score (nSPS) is 8.77. The molecule has 0 aromatic rings. The molecule has 0 aromatic heterocycles. The van der Waals surface area contributed by atoms with Gasteiger partial charge in [0.25, 0.3) is 0 Å². The van der Waals surface area contributed by atoms with Crippen LogP contribution in [0, 0.1) is 0 Å². The van der Waals surface area contributed by atoms with Crippen molar-refractivity contribution < 1.29 is 57.8 Å². The van der Waals surface area contributed by atoms with Crippen molar-refractivity contribution in [2.45, 2.75) is 39.9 Å². The summed E-state index contributed by atoms with van der Waals surface area (Å²) in [5.41, 5.74) is 0. The highest BCUT2D eigenvalue weighted by Crippen LogP contribution is 1.96. The van der Waals surface area contributed by atoms with Gasteiger partial charge in [-0.1, -0.05) is 0 Å². The van der Waals surface area contributed by atoms with E-state index in [0.717, 1.165) is 0 Å². The maximum Gasteiger partial charge on any atom is 0.508 e. The number of ether oxygens (including phenoxy) is 6. The van der Waals surface area contributed by atoms with E-state index >= 15 is 0 Å². The SMILES string of the molecule is CC(C)OC(=O)OC(C)C.COC(=O)OC.O=C(O)OCCOC(=O)O. The predicted molar refractivity (Wildman–Crippen MR) is 85.2 cm³/mol. The summed E-state index contributed by atoms with van der Waals surface area (Å²) in [5.74, 6) is 0. The van der Waals surface area contributed by atoms with E-state index < -0.39 is 24.6 Å². The number of rotatable bonds is 5. The average molecular weight is 386 g/mol. The standard InChI is InChI=1S/C7H14O3.C4H6O6.C3H6O3/c1-5(2)9-7(8)10-6(3)4;5-3(6)9-1-2-10-4(7)8;1-5-3(4)6-2/h5-6H,1-4H3;1-2H2,(H,5,6)(H,7,8);1-2H3. The van der Waals surface area contributed by atoms with Gasteiger partial charge in [0.05, 0.1) is 26.4 Å². The maximum absolute atomic E-state index is 10.6. The van der Waals surface area contributed by atoms with E-state index in [1.807, 2.05) is 0 Å². The third kappa shape index (κ3) is 32.9. The van der Waals surface area contributed by atoms with Gasteiger partial charge in [0.2, 0.25) is 0 Å². The van der Waals surface area contributed by atoms with Crippen molar-refractivity contribution in [3.8, 4) is 0 Å². The molecule has 2 N–H and O–H groups in total. The van der Waals surface area contributed by atoms with E-state index in [-0.39, 0.29) is 25.4 Å². The number of hydrogen-bond acceptors (Lipinski definition) is 10. The third-order valence-corrected chi connectivity index (χ3v) is 1.53. The van der Waals surface area contributed by atoms with E-state index in [2.05, 4.69) is 18.9 Å². The summed E-state index contributed by atoms with van der Waals surface area (Å²) < 4.78 is 25.3. The average Bonchev–Trinajstić information content (AvgIpc) is 2.50. The first kappa shape index (κ1) is 27.9. The zero-order valence-corrected chi connectivity index (χ0v) is 15.5. The van der Waals surface area contributed by atoms with Crippen LogP contribution in [0.3, 0.4) is 0 Å². The summed E-state index contributed by atoms with van der Waals surface area (Å²) in [5, 5.41) is 15.7. The fraction of sp³-hybridized carbons (Fsp3) is 0.714. The first-order chi connectivity index (χ1) is 12.0. The highest BCUT2D eigenvalue weighted by molar-refractivity contribution is 5.60. The molecule has 0 saturated carbocycles. The lowest BCUT2D eigenvalue weighted by atomic mass is 10.5. The molecule has 12 nitrogen and oxygen atoms in total. The quantitative estimate of drug-likeness (QED) is 0.404. The van der Waals surface area contributed by atoms with Crippen LogP contribution in [0.5, 0.6) is 0 Å². The van der Waals surface area contributed by atoms with Gasteiger partial charge in [-0.05, 0) is 27.7 Å². The molecule has 0 spiro atoms. The molecule has 0 atom stereocenters. The van der Waals surface area contributed by atoms with Crippen LogP contribution in [0.4, 0.5) is 19.2 Å². The zero-order valence-electron chi connectivity index (χ0n) is 15.5. The molecule has 26 heavy (non-hydrogen) atoms. The molecule has 0 heterocycles. The second kappa shape index (κ2) is 18.4. The second-order valence-electron chi connectivity index (χ2n) is 4.47. The van der Waals surface area contributed by atoms with Crippen LogP contribution in [0.15, 0.2) is 0 Å². The summed E-state index contributed by atoms with van der Waals surface area (Å²) in [6.45, 7) is 6.57. The molecule has 0 unspecified atom stereocenters. The molecule has 0 aromatic carbocycles. The lowest BCUT2D eigenvalue weighted by Gasteiger charge is -2.10. The fourth-order valence-electron chi connectivity index (χ4n) is 0.754. The Kier molecular flexibility index (Phi) is 19.8. The maximum atomic E-state index is 10.6. The van der Waals surface area contributed by atoms with E-state index in [1.54, 1.807) is 27.7 Å². The highest BCUT2D eigenvalue weighted by Gasteiger charge is 2.07. The smallest absolute Gasteiger partial charge is 0.450 e. The first-order valence-electron chi connectivity index (χ1n) is 7.16. The number of carbonyl (C=O) groups excluding carboxylic acids is 2. The Bertz CT molecular complexity index is 371. The van der Waals surface area contributed by atoms with Crippen molar-refractivity contribution in [1.82, 2.24) is 0 Å². The lowest BCUT2D eigenvalue weighted by molar-refractivity contribution is 0.0167. The minimum Gasteiger partial charge on any atom is -0.450 e. The zero-order chi connectivity index (χ0) is 21.1. The summed E-state index contributed by atoms with van der Waals surface area (Å²) in [6.07, 6.45) is -4.36. The third-order valence-electron chi connectivity index (χ3n) is 1.53. The largest absolute Gasteiger partial charge is 0.508 e. The van der Waals surface area contributed by atoms with Crippen LogP contribution in [0.1, 0.15) is 27.7 Å². The van der Waals surface area contributed by atoms with Gasteiger partial charge < -0.3 is 38.6 Å². The number of methoxy groups -OCH3 is 2. The van der Waals surface area contributed by atoms with E-state index in [0.29, 0.717) is 0 Å². The molecular weight excluding hydrogens is 360 g/mol. The molecule has 0 bridgehead atoms. The van der Waals surface area contributed by atoms with Gasteiger partial charge in [-0.25, -0.2) is 19.2 Å². The fourth-order valence-corrected chi connectivity index (χ4v) is 0.754. The Hall–Kier alpha value is -2.92. The van der Waals surface area contributed by atoms with Gasteiger partial charge >= 0.3 is 24.6 Å². The molecule has 0 aliphatic carbocycles. The molecule has 0 saturated heterocycles. The van der Waals surface area contributed by atoms with Crippen molar-refractivity contribution in [2.75, 3.05) is 27.4 Å². The van der Waals surface area contributed by atoms with E-state index in [4.69, 9.17) is 19.7 Å². The Labute approximate surface area is 150 Å². The molecule has 0 amide bonds. The Morgan fingerprint density at radius 1 is 0.692 bits per heavy atom. The summed E-state index contributed by atoms with van der Waals surface area (Å²) in [6, 6.07) is 0. The van der Waals surface area contributed by atoms with Crippen LogP contribution in [-0.2, 0) is 28.4 Å². The highest BCUT2D eigenvalue weighted by atomic mass is 16.7. The summed E-state index contributed by atoms with van der Waals surface area (Å²) in [4.78, 5) is 39.6. The predicted octanol–water partition coefficient (Wildman–Crippen LogP) is 2.73. The van der Waals surface area contributed by atoms with Crippen LogP contribution in [0.25, 0.3) is 0 Å². The topological polar surface area (TPSA) is 164 Å². The molecule has 0 aliphatic rings. The van der Waals surface area contributed by atoms with Crippen LogP contribution in [0.2, 0.25) is 0 Å². The monoisotopic (exact) mass is 386 g/mol. The minimum absolute atomic E-state index is 0.105. The summed E-state index contributed by atoms with van der Waals surface area (Å²) >= 11 is 0. The summed E-state index contributed by atoms with van der Waals surface area (Å²) in [7, 11) is 2.51. The van der Waals surface area contributed by atoms with Crippen LogP contribution >= 0.6 is 0 Å². The van der Waals surface area contributed by atoms with E-state index in [9.17, 15) is 19.2 Å². The van der Waals surface area contributed by atoms with Crippen molar-refractivity contribution >= 4 is 24.6 Å². The van der Waals surface area contributed by atoms with Crippen molar-refractivity contribution in [3.05, 3.63) is 0 Å². The number of hydrogen-bond donors (Lipinski definition) is 2. The van der Waals surface area contributed by atoms with Gasteiger partial charge in [0, 0.05) is 0 Å². The number of carbonyl (C=O) groups is 4. The van der Waals surface area contributed by atoms with Gasteiger partial charge in [-0.3, -0.25) is 0 Å². The number of carboxylic acid groups (broad SMARTS) is 2. The van der Waals surface area contributed by atoms with Crippen molar-refractivity contribution in [1.29, 1.82) is 0 Å². The molecule has 0 radical (unpaired) electrons. The minimum atomic E-state index is -1.45. The molecule has 154 valence electrons. The lowest BCUT2D eigenvalue weighted by Crippen LogP contribution is -2.16.